The quantitative estimate of drug-likeness (QED) is 0.414. The second-order valence-electron chi connectivity index (χ2n) is 6.04. The largest absolute Gasteiger partial charge is 0.454 e. The third kappa shape index (κ3) is 4.40. The van der Waals surface area contributed by atoms with Crippen LogP contribution in [-0.2, 0) is 0 Å². The van der Waals surface area contributed by atoms with Crippen LogP contribution in [0.2, 0.25) is 0 Å². The summed E-state index contributed by atoms with van der Waals surface area (Å²) in [5, 5.41) is 1.03. The van der Waals surface area contributed by atoms with Crippen LogP contribution in [0.25, 0.3) is 28.2 Å². The van der Waals surface area contributed by atoms with Crippen molar-refractivity contribution in [2.45, 2.75) is 34.6 Å². The van der Waals surface area contributed by atoms with Crippen LogP contribution in [0.15, 0.2) is 76.7 Å². The van der Waals surface area contributed by atoms with Crippen molar-refractivity contribution in [1.82, 2.24) is 0 Å². The molecule has 28 heavy (non-hydrogen) atoms. The minimum absolute atomic E-state index is 0.790. The average molecular weight is 372 g/mol. The fraction of sp³-hybridized carbons (Fsp3) is 0.192. The van der Waals surface area contributed by atoms with Gasteiger partial charge in [-0.25, -0.2) is 0 Å². The Balaban J connectivity index is 0.00000136. The van der Waals surface area contributed by atoms with Crippen LogP contribution in [0, 0.1) is 0 Å². The first-order chi connectivity index (χ1) is 13.7. The van der Waals surface area contributed by atoms with Crippen molar-refractivity contribution in [1.29, 1.82) is 0 Å². The van der Waals surface area contributed by atoms with Crippen LogP contribution in [0.1, 0.15) is 51.5 Å². The van der Waals surface area contributed by atoms with Crippen molar-refractivity contribution in [2.24, 2.45) is 4.99 Å². The second kappa shape index (κ2) is 10.3. The lowest BCUT2D eigenvalue weighted by molar-refractivity contribution is 0.599. The molecule has 0 bridgehead atoms. The summed E-state index contributed by atoms with van der Waals surface area (Å²) in [6.45, 7) is 14.0. The lowest BCUT2D eigenvalue weighted by Gasteiger charge is -2.01. The number of nitrogens with zero attached hydrogens (tertiary/aromatic N) is 1. The number of hydrogen-bond acceptors (Lipinski definition) is 2. The molecule has 0 spiro atoms. The van der Waals surface area contributed by atoms with Crippen molar-refractivity contribution < 1.29 is 4.42 Å². The number of para-hydroxylation sites is 1. The van der Waals surface area contributed by atoms with E-state index in [9.17, 15) is 0 Å². The van der Waals surface area contributed by atoms with Gasteiger partial charge in [-0.3, -0.25) is 4.99 Å². The van der Waals surface area contributed by atoms with Gasteiger partial charge in [0.25, 0.3) is 0 Å². The normalized spacial score (nSPS) is 12.2. The highest BCUT2D eigenvalue weighted by atomic mass is 16.3. The topological polar surface area (TPSA) is 25.5 Å². The van der Waals surface area contributed by atoms with E-state index in [1.54, 1.807) is 0 Å². The Kier molecular flexibility index (Phi) is 7.76. The predicted octanol–water partition coefficient (Wildman–Crippen LogP) is 8.33. The summed E-state index contributed by atoms with van der Waals surface area (Å²) in [4.78, 5) is 4.72. The number of hydrogen-bond donors (Lipinski definition) is 0. The molecule has 3 aromatic rings. The molecule has 0 saturated heterocycles. The zero-order valence-electron chi connectivity index (χ0n) is 17.5. The maximum absolute atomic E-state index is 6.17. The number of aliphatic imine (C=N–C) groups is 1. The van der Waals surface area contributed by atoms with Crippen LogP contribution in [-0.4, -0.2) is 6.21 Å². The molecule has 0 radical (unpaired) electrons. The van der Waals surface area contributed by atoms with Gasteiger partial charge in [0.15, 0.2) is 5.58 Å². The lowest BCUT2D eigenvalue weighted by atomic mass is 10.1. The Morgan fingerprint density at radius 1 is 0.964 bits per heavy atom. The molecule has 2 heteroatoms. The van der Waals surface area contributed by atoms with Crippen LogP contribution in [0.5, 0.6) is 0 Å². The number of furan rings is 1. The summed E-state index contributed by atoms with van der Waals surface area (Å²) in [7, 11) is 0. The minimum atomic E-state index is 0.790. The molecule has 1 aromatic heterocycles. The van der Waals surface area contributed by atoms with Crippen LogP contribution < -0.4 is 0 Å². The van der Waals surface area contributed by atoms with Crippen LogP contribution in [0.3, 0.4) is 0 Å². The smallest absolute Gasteiger partial charge is 0.161 e. The molecular weight excluding hydrogens is 342 g/mol. The Morgan fingerprint density at radius 3 is 2.29 bits per heavy atom. The highest BCUT2D eigenvalue weighted by molar-refractivity contribution is 6.11. The molecule has 0 aliphatic heterocycles. The van der Waals surface area contributed by atoms with E-state index in [-0.39, 0.29) is 0 Å². The minimum Gasteiger partial charge on any atom is -0.454 e. The Hall–Kier alpha value is -3.13. The van der Waals surface area contributed by atoms with Crippen molar-refractivity contribution in [3.63, 3.8) is 0 Å². The fourth-order valence-electron chi connectivity index (χ4n) is 2.94. The summed E-state index contributed by atoms with van der Waals surface area (Å²) >= 11 is 0. The molecule has 2 aromatic carbocycles. The monoisotopic (exact) mass is 371 g/mol. The van der Waals surface area contributed by atoms with Gasteiger partial charge in [0.2, 0.25) is 0 Å². The molecule has 0 atom stereocenters. The van der Waals surface area contributed by atoms with E-state index >= 15 is 0 Å². The number of allylic oxidation sites excluding steroid dienone is 4. The molecule has 0 N–H and O–H groups in total. The molecule has 144 valence electrons. The molecule has 0 aliphatic rings. The van der Waals surface area contributed by atoms with Gasteiger partial charge in [0.1, 0.15) is 11.4 Å². The summed E-state index contributed by atoms with van der Waals surface area (Å²) in [5.41, 5.74) is 5.92. The van der Waals surface area contributed by atoms with Gasteiger partial charge in [-0.1, -0.05) is 81.1 Å². The van der Waals surface area contributed by atoms with Gasteiger partial charge in [-0.05, 0) is 43.5 Å². The van der Waals surface area contributed by atoms with Gasteiger partial charge < -0.3 is 4.42 Å². The van der Waals surface area contributed by atoms with Crippen LogP contribution in [0.4, 0.5) is 5.69 Å². The molecular formula is C26H29NO. The van der Waals surface area contributed by atoms with E-state index in [1.807, 2.05) is 83.3 Å². The first-order valence-electron chi connectivity index (χ1n) is 9.76. The molecule has 0 aliphatic carbocycles. The van der Waals surface area contributed by atoms with Gasteiger partial charge >= 0.3 is 0 Å². The molecule has 2 nitrogen and oxygen atoms in total. The van der Waals surface area contributed by atoms with Crippen molar-refractivity contribution in [2.75, 3.05) is 0 Å². The van der Waals surface area contributed by atoms with Crippen molar-refractivity contribution in [3.8, 4) is 0 Å². The van der Waals surface area contributed by atoms with Crippen LogP contribution >= 0.6 is 0 Å². The van der Waals surface area contributed by atoms with Gasteiger partial charge in [0, 0.05) is 17.2 Å². The first kappa shape index (κ1) is 21.2. The molecule has 0 amide bonds. The number of fused-ring (bicyclic) bond motifs is 1. The van der Waals surface area contributed by atoms with E-state index in [4.69, 9.17) is 9.41 Å². The lowest BCUT2D eigenvalue weighted by Crippen LogP contribution is -1.84. The fourth-order valence-corrected chi connectivity index (χ4v) is 2.94. The van der Waals surface area contributed by atoms with E-state index in [0.717, 1.165) is 44.7 Å². The molecule has 0 fully saturated rings. The SMILES string of the molecule is C=Cc1c(/C(C)=C\C)oc2c(N=C/C(=C\C)c3ccccc3)cccc12.CC. The van der Waals surface area contributed by atoms with Gasteiger partial charge in [-0.15, -0.1) is 0 Å². The summed E-state index contributed by atoms with van der Waals surface area (Å²) in [5.74, 6) is 0.856. The Labute approximate surface area is 168 Å². The number of rotatable bonds is 5. The second-order valence-corrected chi connectivity index (χ2v) is 6.04. The highest BCUT2D eigenvalue weighted by Crippen LogP contribution is 2.36. The van der Waals surface area contributed by atoms with E-state index < -0.39 is 0 Å². The van der Waals surface area contributed by atoms with Crippen molar-refractivity contribution in [3.05, 3.63) is 84.1 Å². The molecule has 1 heterocycles. The van der Waals surface area contributed by atoms with E-state index in [1.165, 1.54) is 0 Å². The third-order valence-corrected chi connectivity index (χ3v) is 4.49. The van der Waals surface area contributed by atoms with Crippen molar-refractivity contribution >= 4 is 40.1 Å². The average Bonchev–Trinajstić information content (AvgIpc) is 3.15. The summed E-state index contributed by atoms with van der Waals surface area (Å²) in [6.07, 6.45) is 7.85. The molecule has 0 unspecified atom stereocenters. The Morgan fingerprint density at radius 2 is 1.68 bits per heavy atom. The van der Waals surface area contributed by atoms with Gasteiger partial charge in [0.05, 0.1) is 0 Å². The summed E-state index contributed by atoms with van der Waals surface area (Å²) in [6, 6.07) is 16.3. The molecule has 0 saturated carbocycles. The zero-order valence-corrected chi connectivity index (χ0v) is 17.5. The third-order valence-electron chi connectivity index (χ3n) is 4.49. The van der Waals surface area contributed by atoms with E-state index in [0.29, 0.717) is 0 Å². The van der Waals surface area contributed by atoms with Gasteiger partial charge in [-0.2, -0.15) is 0 Å². The maximum atomic E-state index is 6.17. The Bertz CT molecular complexity index is 1020. The standard InChI is InChI=1S/C24H23NO.C2H6/c1-5-17(4)23-20(7-3)21-14-11-15-22(24(21)26-23)25-16-18(6-2)19-12-9-8-10-13-19;1-2/h5-16H,3H2,1-2,4H3;1-2H3/b17-5-,18-6+,25-16?;. The molecule has 3 rings (SSSR count). The number of benzene rings is 2. The zero-order chi connectivity index (χ0) is 20.5. The first-order valence-corrected chi connectivity index (χ1v) is 9.76. The van der Waals surface area contributed by atoms with E-state index in [2.05, 4.69) is 30.9 Å². The summed E-state index contributed by atoms with van der Waals surface area (Å²) < 4.78 is 6.17. The predicted molar refractivity (Wildman–Crippen MR) is 125 cm³/mol. The highest BCUT2D eigenvalue weighted by Gasteiger charge is 2.15. The maximum Gasteiger partial charge on any atom is 0.161 e.